The fourth-order valence-electron chi connectivity index (χ4n) is 2.71. The number of hydrogen-bond acceptors (Lipinski definition) is 8. The summed E-state index contributed by atoms with van der Waals surface area (Å²) in [5.41, 5.74) is 3.08. The maximum absolute atomic E-state index is 4.72. The standard InChI is InChI=1S/C17H12N4S4/c1-8-18-11-5-6-12-15(14(11)23-8)25-17(20-12)21-16-19-10-4-3-9(22-2)7-13(10)24-16/h3-7H,1-2H3,(H,19,20,21). The second-order valence-corrected chi connectivity index (χ2v) is 9.60. The molecule has 0 saturated heterocycles. The van der Waals surface area contributed by atoms with Gasteiger partial charge in [0.1, 0.15) is 0 Å². The molecule has 3 heterocycles. The van der Waals surface area contributed by atoms with E-state index in [0.29, 0.717) is 0 Å². The Labute approximate surface area is 160 Å². The lowest BCUT2D eigenvalue weighted by Gasteiger charge is -1.93. The first kappa shape index (κ1) is 15.5. The van der Waals surface area contributed by atoms with Crippen molar-refractivity contribution >= 4 is 86.7 Å². The van der Waals surface area contributed by atoms with Crippen LogP contribution in [-0.2, 0) is 0 Å². The van der Waals surface area contributed by atoms with Crippen molar-refractivity contribution < 1.29 is 0 Å². The molecule has 0 aliphatic heterocycles. The molecule has 0 atom stereocenters. The number of hydrogen-bond donors (Lipinski definition) is 1. The SMILES string of the molecule is CSc1ccc2nc(Nc3nc4ccc5nc(C)sc5c4s3)sc2c1. The second-order valence-electron chi connectivity index (χ2n) is 5.49. The molecule has 0 bridgehead atoms. The molecule has 1 N–H and O–H groups in total. The highest BCUT2D eigenvalue weighted by Gasteiger charge is 2.12. The van der Waals surface area contributed by atoms with Gasteiger partial charge in [-0.15, -0.1) is 23.1 Å². The van der Waals surface area contributed by atoms with Crippen molar-refractivity contribution in [2.45, 2.75) is 11.8 Å². The maximum atomic E-state index is 4.72. The summed E-state index contributed by atoms with van der Waals surface area (Å²) < 4.78 is 3.60. The molecule has 3 aromatic heterocycles. The van der Waals surface area contributed by atoms with Crippen LogP contribution in [0.2, 0.25) is 0 Å². The lowest BCUT2D eigenvalue weighted by Crippen LogP contribution is -1.86. The van der Waals surface area contributed by atoms with Gasteiger partial charge in [0.2, 0.25) is 0 Å². The Kier molecular flexibility index (Phi) is 3.67. The summed E-state index contributed by atoms with van der Waals surface area (Å²) in [5, 5.41) is 6.22. The number of nitrogens with zero attached hydrogens (tertiary/aromatic N) is 3. The Morgan fingerprint density at radius 1 is 0.840 bits per heavy atom. The van der Waals surface area contributed by atoms with Crippen molar-refractivity contribution in [3.63, 3.8) is 0 Å². The van der Waals surface area contributed by atoms with E-state index in [1.807, 2.05) is 19.1 Å². The summed E-state index contributed by atoms with van der Waals surface area (Å²) in [6, 6.07) is 10.5. The van der Waals surface area contributed by atoms with E-state index in [9.17, 15) is 0 Å². The van der Waals surface area contributed by atoms with E-state index < -0.39 is 0 Å². The quantitative estimate of drug-likeness (QED) is 0.361. The van der Waals surface area contributed by atoms with Gasteiger partial charge in [-0.1, -0.05) is 22.7 Å². The zero-order valence-electron chi connectivity index (χ0n) is 13.4. The zero-order chi connectivity index (χ0) is 17.0. The van der Waals surface area contributed by atoms with Gasteiger partial charge in [0, 0.05) is 4.90 Å². The molecule has 5 rings (SSSR count). The van der Waals surface area contributed by atoms with Crippen molar-refractivity contribution in [1.82, 2.24) is 15.0 Å². The molecule has 0 fully saturated rings. The summed E-state index contributed by atoms with van der Waals surface area (Å²) in [6.45, 7) is 2.04. The molecule has 0 radical (unpaired) electrons. The average Bonchev–Trinajstić information content (AvgIpc) is 3.28. The molecule has 4 nitrogen and oxygen atoms in total. The van der Waals surface area contributed by atoms with Gasteiger partial charge < -0.3 is 5.32 Å². The number of nitrogens with one attached hydrogen (secondary N) is 1. The van der Waals surface area contributed by atoms with Crippen LogP contribution in [0.25, 0.3) is 30.6 Å². The van der Waals surface area contributed by atoms with Gasteiger partial charge in [-0.05, 0) is 43.5 Å². The van der Waals surface area contributed by atoms with Crippen molar-refractivity contribution in [3.8, 4) is 0 Å². The first-order valence-corrected chi connectivity index (χ1v) is 11.3. The number of aryl methyl sites for hydroxylation is 1. The van der Waals surface area contributed by atoms with Crippen LogP contribution in [0.3, 0.4) is 0 Å². The molecule has 124 valence electrons. The van der Waals surface area contributed by atoms with Crippen LogP contribution in [0, 0.1) is 6.92 Å². The number of anilines is 2. The molecule has 0 aliphatic rings. The van der Waals surface area contributed by atoms with Crippen molar-refractivity contribution in [1.29, 1.82) is 0 Å². The van der Waals surface area contributed by atoms with E-state index in [1.54, 1.807) is 45.8 Å². The Bertz CT molecular complexity index is 1230. The molecule has 0 saturated carbocycles. The molecule has 0 spiro atoms. The smallest absolute Gasteiger partial charge is 0.190 e. The number of rotatable bonds is 3. The molecule has 8 heteroatoms. The van der Waals surface area contributed by atoms with Crippen molar-refractivity contribution in [2.24, 2.45) is 0 Å². The summed E-state index contributed by atoms with van der Waals surface area (Å²) in [4.78, 5) is 15.2. The van der Waals surface area contributed by atoms with Crippen molar-refractivity contribution in [2.75, 3.05) is 11.6 Å². The zero-order valence-corrected chi connectivity index (χ0v) is 16.6. The van der Waals surface area contributed by atoms with E-state index >= 15 is 0 Å². The summed E-state index contributed by atoms with van der Waals surface area (Å²) in [7, 11) is 0. The highest BCUT2D eigenvalue weighted by atomic mass is 32.2. The van der Waals surface area contributed by atoms with Gasteiger partial charge in [0.15, 0.2) is 10.3 Å². The number of thiazole rings is 3. The Balaban J connectivity index is 1.56. The van der Waals surface area contributed by atoms with Gasteiger partial charge in [-0.25, -0.2) is 15.0 Å². The van der Waals surface area contributed by atoms with Crippen LogP contribution < -0.4 is 5.32 Å². The Morgan fingerprint density at radius 3 is 2.36 bits per heavy atom. The predicted octanol–water partition coefficient (Wildman–Crippen LogP) is 6.29. The third-order valence-electron chi connectivity index (χ3n) is 3.83. The molecule has 0 amide bonds. The van der Waals surface area contributed by atoms with E-state index in [2.05, 4.69) is 39.7 Å². The molecular formula is C17H12N4S4. The molecule has 0 aliphatic carbocycles. The molecular weight excluding hydrogens is 388 g/mol. The second kappa shape index (κ2) is 5.91. The van der Waals surface area contributed by atoms with Gasteiger partial charge in [0.05, 0.1) is 35.7 Å². The minimum atomic E-state index is 0.873. The van der Waals surface area contributed by atoms with Gasteiger partial charge >= 0.3 is 0 Å². The third-order valence-corrected chi connectivity index (χ3v) is 7.62. The van der Waals surface area contributed by atoms with Crippen LogP contribution in [0.1, 0.15) is 5.01 Å². The van der Waals surface area contributed by atoms with E-state index in [-0.39, 0.29) is 0 Å². The first-order chi connectivity index (χ1) is 12.2. The minimum absolute atomic E-state index is 0.873. The van der Waals surface area contributed by atoms with Crippen LogP contribution in [0.15, 0.2) is 35.2 Å². The number of aromatic nitrogens is 3. The maximum Gasteiger partial charge on any atom is 0.190 e. The highest BCUT2D eigenvalue weighted by molar-refractivity contribution is 7.98. The number of benzene rings is 2. The summed E-state index contributed by atoms with van der Waals surface area (Å²) in [6.07, 6.45) is 2.09. The highest BCUT2D eigenvalue weighted by Crippen LogP contribution is 2.38. The van der Waals surface area contributed by atoms with Crippen LogP contribution in [0.4, 0.5) is 10.3 Å². The predicted molar refractivity (Wildman–Crippen MR) is 112 cm³/mol. The lowest BCUT2D eigenvalue weighted by molar-refractivity contribution is 1.35. The molecule has 5 aromatic rings. The first-order valence-electron chi connectivity index (χ1n) is 7.58. The fourth-order valence-corrected chi connectivity index (χ4v) is 6.20. The van der Waals surface area contributed by atoms with Gasteiger partial charge in [-0.3, -0.25) is 0 Å². The normalized spacial score (nSPS) is 11.8. The van der Waals surface area contributed by atoms with Crippen molar-refractivity contribution in [3.05, 3.63) is 35.3 Å². The van der Waals surface area contributed by atoms with E-state index in [1.165, 1.54) is 19.0 Å². The largest absolute Gasteiger partial charge is 0.307 e. The lowest BCUT2D eigenvalue weighted by atomic mass is 10.3. The topological polar surface area (TPSA) is 50.7 Å². The van der Waals surface area contributed by atoms with E-state index in [0.717, 1.165) is 31.8 Å². The Morgan fingerprint density at radius 2 is 1.52 bits per heavy atom. The third kappa shape index (κ3) is 2.69. The van der Waals surface area contributed by atoms with Crippen LogP contribution >= 0.6 is 45.8 Å². The summed E-state index contributed by atoms with van der Waals surface area (Å²) >= 11 is 6.80. The van der Waals surface area contributed by atoms with E-state index in [4.69, 9.17) is 4.98 Å². The van der Waals surface area contributed by atoms with Gasteiger partial charge in [-0.2, -0.15) is 0 Å². The molecule has 0 unspecified atom stereocenters. The Hall–Kier alpha value is -1.74. The number of fused-ring (bicyclic) bond motifs is 4. The monoisotopic (exact) mass is 400 g/mol. The van der Waals surface area contributed by atoms with Crippen LogP contribution in [0.5, 0.6) is 0 Å². The molecule has 2 aromatic carbocycles. The van der Waals surface area contributed by atoms with Gasteiger partial charge in [0.25, 0.3) is 0 Å². The molecule has 25 heavy (non-hydrogen) atoms. The summed E-state index contributed by atoms with van der Waals surface area (Å²) in [5.74, 6) is 0. The minimum Gasteiger partial charge on any atom is -0.307 e. The van der Waals surface area contributed by atoms with Crippen LogP contribution in [-0.4, -0.2) is 21.2 Å². The fraction of sp³-hybridized carbons (Fsp3) is 0.118. The number of thioether (sulfide) groups is 1. The average molecular weight is 401 g/mol.